The molecule has 1 saturated heterocycles. The number of likely N-dealkylation sites (N-methyl/N-ethyl adjacent to an activating group) is 1. The van der Waals surface area contributed by atoms with Crippen LogP contribution in [0.25, 0.3) is 0 Å². The summed E-state index contributed by atoms with van der Waals surface area (Å²) >= 11 is 0. The molecule has 1 aromatic heterocycles. The van der Waals surface area contributed by atoms with Crippen LogP contribution in [0.1, 0.15) is 44.0 Å². The molecule has 2 rings (SSSR count). The second-order valence-corrected chi connectivity index (χ2v) is 4.43. The highest BCUT2D eigenvalue weighted by atomic mass is 16.5. The van der Waals surface area contributed by atoms with E-state index in [1.165, 1.54) is 0 Å². The van der Waals surface area contributed by atoms with Gasteiger partial charge in [-0.05, 0) is 13.0 Å². The Morgan fingerprint density at radius 2 is 2.28 bits per heavy atom. The highest BCUT2D eigenvalue weighted by Crippen LogP contribution is 2.26. The second kappa shape index (κ2) is 6.26. The van der Waals surface area contributed by atoms with E-state index in [9.17, 15) is 0 Å². The third-order valence-corrected chi connectivity index (χ3v) is 3.26. The Bertz CT molecular complexity index is 365. The third kappa shape index (κ3) is 2.71. The lowest BCUT2D eigenvalue weighted by Crippen LogP contribution is -2.34. The highest BCUT2D eigenvalue weighted by Gasteiger charge is 2.34. The van der Waals surface area contributed by atoms with Crippen LogP contribution in [-0.2, 0) is 9.47 Å². The minimum atomic E-state index is -0.0950. The van der Waals surface area contributed by atoms with Crippen LogP contribution in [0, 0.1) is 0 Å². The summed E-state index contributed by atoms with van der Waals surface area (Å²) in [6.07, 6.45) is 0.732. The number of hydrogen-bond donors (Lipinski definition) is 1. The lowest BCUT2D eigenvalue weighted by molar-refractivity contribution is 0.0903. The Hall–Kier alpha value is -0.980. The van der Waals surface area contributed by atoms with Gasteiger partial charge < -0.3 is 19.3 Å². The number of aromatic nitrogens is 2. The van der Waals surface area contributed by atoms with Crippen LogP contribution in [0.15, 0.2) is 4.52 Å². The Labute approximate surface area is 107 Å². The maximum atomic E-state index is 5.48. The lowest BCUT2D eigenvalue weighted by atomic mass is 10.0. The molecular formula is C12H21N3O3. The molecule has 0 amide bonds. The number of hydrogen-bond acceptors (Lipinski definition) is 6. The fourth-order valence-corrected chi connectivity index (χ4v) is 2.24. The van der Waals surface area contributed by atoms with Crippen molar-refractivity contribution in [3.63, 3.8) is 0 Å². The molecule has 2 heterocycles. The van der Waals surface area contributed by atoms with Crippen molar-refractivity contribution in [2.24, 2.45) is 0 Å². The van der Waals surface area contributed by atoms with Crippen LogP contribution in [0.4, 0.5) is 0 Å². The van der Waals surface area contributed by atoms with Gasteiger partial charge in [-0.15, -0.1) is 0 Å². The molecular weight excluding hydrogens is 234 g/mol. The summed E-state index contributed by atoms with van der Waals surface area (Å²) in [4.78, 5) is 4.44. The Morgan fingerprint density at radius 1 is 1.44 bits per heavy atom. The molecule has 6 nitrogen and oxygen atoms in total. The average Bonchev–Trinajstić information content (AvgIpc) is 3.00. The van der Waals surface area contributed by atoms with E-state index >= 15 is 0 Å². The smallest absolute Gasteiger partial charge is 0.233 e. The lowest BCUT2D eigenvalue weighted by Gasteiger charge is -2.14. The fraction of sp³-hybridized carbons (Fsp3) is 0.833. The van der Waals surface area contributed by atoms with Crippen molar-refractivity contribution in [1.29, 1.82) is 0 Å². The second-order valence-electron chi connectivity index (χ2n) is 4.43. The van der Waals surface area contributed by atoms with Gasteiger partial charge in [0, 0.05) is 13.2 Å². The van der Waals surface area contributed by atoms with Crippen molar-refractivity contribution in [3.8, 4) is 0 Å². The van der Waals surface area contributed by atoms with Crippen molar-refractivity contribution < 1.29 is 14.0 Å². The molecule has 0 saturated carbocycles. The number of ether oxygens (including phenoxy) is 2. The quantitative estimate of drug-likeness (QED) is 0.825. The van der Waals surface area contributed by atoms with E-state index in [0.29, 0.717) is 24.9 Å². The molecule has 0 aromatic carbocycles. The molecule has 3 atom stereocenters. The van der Waals surface area contributed by atoms with E-state index < -0.39 is 0 Å². The van der Waals surface area contributed by atoms with Crippen LogP contribution < -0.4 is 5.32 Å². The summed E-state index contributed by atoms with van der Waals surface area (Å²) in [7, 11) is 1.66. The Morgan fingerprint density at radius 3 is 2.94 bits per heavy atom. The zero-order valence-corrected chi connectivity index (χ0v) is 11.2. The molecule has 3 unspecified atom stereocenters. The molecule has 1 N–H and O–H groups in total. The van der Waals surface area contributed by atoms with E-state index in [2.05, 4.69) is 22.4 Å². The van der Waals surface area contributed by atoms with Gasteiger partial charge in [-0.25, -0.2) is 0 Å². The fourth-order valence-electron chi connectivity index (χ4n) is 2.24. The summed E-state index contributed by atoms with van der Waals surface area (Å²) in [6, 6.07) is 0.255. The maximum Gasteiger partial charge on any atom is 0.233 e. The summed E-state index contributed by atoms with van der Waals surface area (Å²) in [5.74, 6) is 1.40. The summed E-state index contributed by atoms with van der Waals surface area (Å²) < 4.78 is 16.1. The molecule has 1 aliphatic heterocycles. The minimum absolute atomic E-state index is 0.0950. The minimum Gasteiger partial charge on any atom is -0.379 e. The van der Waals surface area contributed by atoms with Crippen LogP contribution >= 0.6 is 0 Å². The summed E-state index contributed by atoms with van der Waals surface area (Å²) in [5, 5.41) is 7.38. The van der Waals surface area contributed by atoms with E-state index in [1.54, 1.807) is 7.11 Å². The third-order valence-electron chi connectivity index (χ3n) is 3.26. The van der Waals surface area contributed by atoms with Crippen LogP contribution in [0.5, 0.6) is 0 Å². The molecule has 0 spiro atoms. The van der Waals surface area contributed by atoms with Gasteiger partial charge in [-0.1, -0.05) is 19.0 Å². The Balaban J connectivity index is 2.09. The molecule has 0 aliphatic carbocycles. The number of nitrogens with zero attached hydrogens (tertiary/aromatic N) is 2. The SMILES string of the molecule is CCNC1COCC1c1nc(C(CC)OC)no1. The molecule has 1 aliphatic rings. The number of nitrogens with one attached hydrogen (secondary N) is 1. The van der Waals surface area contributed by atoms with Gasteiger partial charge in [0.1, 0.15) is 6.10 Å². The van der Waals surface area contributed by atoms with Crippen molar-refractivity contribution in [3.05, 3.63) is 11.7 Å². The predicted octanol–water partition coefficient (Wildman–Crippen LogP) is 1.26. The molecule has 6 heteroatoms. The first kappa shape index (κ1) is 13.5. The summed E-state index contributed by atoms with van der Waals surface area (Å²) in [5.41, 5.74) is 0. The van der Waals surface area contributed by atoms with Crippen molar-refractivity contribution in [1.82, 2.24) is 15.5 Å². The first-order chi connectivity index (χ1) is 8.80. The normalized spacial score (nSPS) is 25.5. The molecule has 102 valence electrons. The topological polar surface area (TPSA) is 69.4 Å². The highest BCUT2D eigenvalue weighted by molar-refractivity contribution is 5.03. The van der Waals surface area contributed by atoms with Crippen molar-refractivity contribution in [2.45, 2.75) is 38.3 Å². The first-order valence-corrected chi connectivity index (χ1v) is 6.47. The standard InChI is InChI=1S/C12H21N3O3/c1-4-10(16-3)11-14-12(18-15-11)8-6-17-7-9(8)13-5-2/h8-10,13H,4-7H2,1-3H3. The van der Waals surface area contributed by atoms with Crippen LogP contribution in [0.2, 0.25) is 0 Å². The van der Waals surface area contributed by atoms with Crippen LogP contribution in [0.3, 0.4) is 0 Å². The van der Waals surface area contributed by atoms with Gasteiger partial charge in [0.25, 0.3) is 0 Å². The zero-order chi connectivity index (χ0) is 13.0. The molecule has 0 bridgehead atoms. The predicted molar refractivity (Wildman–Crippen MR) is 65.4 cm³/mol. The average molecular weight is 255 g/mol. The van der Waals surface area contributed by atoms with Gasteiger partial charge in [0.05, 0.1) is 19.1 Å². The monoisotopic (exact) mass is 255 g/mol. The van der Waals surface area contributed by atoms with Gasteiger partial charge in [-0.3, -0.25) is 0 Å². The van der Waals surface area contributed by atoms with Crippen LogP contribution in [-0.4, -0.2) is 43.1 Å². The van der Waals surface area contributed by atoms with E-state index in [0.717, 1.165) is 13.0 Å². The maximum absolute atomic E-state index is 5.48. The van der Waals surface area contributed by atoms with Gasteiger partial charge >= 0.3 is 0 Å². The first-order valence-electron chi connectivity index (χ1n) is 6.47. The Kier molecular flexibility index (Phi) is 4.68. The number of rotatable bonds is 6. The summed E-state index contributed by atoms with van der Waals surface area (Å²) in [6.45, 7) is 6.33. The molecule has 1 fully saturated rings. The van der Waals surface area contributed by atoms with E-state index in [-0.39, 0.29) is 18.1 Å². The molecule has 1 aromatic rings. The van der Waals surface area contributed by atoms with Crippen molar-refractivity contribution in [2.75, 3.05) is 26.9 Å². The molecule has 0 radical (unpaired) electrons. The number of methoxy groups -OCH3 is 1. The zero-order valence-electron chi connectivity index (χ0n) is 11.2. The van der Waals surface area contributed by atoms with E-state index in [4.69, 9.17) is 14.0 Å². The van der Waals surface area contributed by atoms with E-state index in [1.807, 2.05) is 6.92 Å². The largest absolute Gasteiger partial charge is 0.379 e. The van der Waals surface area contributed by atoms with Gasteiger partial charge in [0.2, 0.25) is 11.7 Å². The van der Waals surface area contributed by atoms with Crippen molar-refractivity contribution >= 4 is 0 Å². The van der Waals surface area contributed by atoms with Gasteiger partial charge in [-0.2, -0.15) is 4.98 Å². The van der Waals surface area contributed by atoms with Gasteiger partial charge in [0.15, 0.2) is 0 Å². The molecule has 18 heavy (non-hydrogen) atoms.